The Labute approximate surface area is 197 Å². The van der Waals surface area contributed by atoms with E-state index < -0.39 is 23.2 Å². The first-order chi connectivity index (χ1) is 15.8. The van der Waals surface area contributed by atoms with E-state index in [1.165, 1.54) is 18.3 Å². The minimum Gasteiger partial charge on any atom is -0.490 e. The van der Waals surface area contributed by atoms with Crippen LogP contribution in [0.4, 0.5) is 13.2 Å². The van der Waals surface area contributed by atoms with Crippen LogP contribution < -0.4 is 14.9 Å². The third-order valence-corrected chi connectivity index (χ3v) is 4.96. The van der Waals surface area contributed by atoms with E-state index in [1.54, 1.807) is 18.2 Å². The zero-order valence-corrected chi connectivity index (χ0v) is 19.1. The molecule has 1 amide bonds. The smallest absolute Gasteiger partial charge is 0.417 e. The first-order valence-electron chi connectivity index (χ1n) is 9.91. The molecule has 33 heavy (non-hydrogen) atoms. The number of alkyl halides is 3. The second kappa shape index (κ2) is 11.0. The third kappa shape index (κ3) is 6.82. The number of rotatable bonds is 8. The van der Waals surface area contributed by atoms with Gasteiger partial charge in [-0.1, -0.05) is 40.2 Å². The van der Waals surface area contributed by atoms with Crippen LogP contribution in [-0.2, 0) is 12.8 Å². The van der Waals surface area contributed by atoms with Crippen molar-refractivity contribution in [2.75, 3.05) is 6.61 Å². The van der Waals surface area contributed by atoms with Crippen molar-refractivity contribution in [3.63, 3.8) is 0 Å². The van der Waals surface area contributed by atoms with Crippen LogP contribution in [0.3, 0.4) is 0 Å². The molecule has 5 nitrogen and oxygen atoms in total. The van der Waals surface area contributed by atoms with Crippen LogP contribution in [0.15, 0.2) is 76.3 Å². The van der Waals surface area contributed by atoms with Gasteiger partial charge in [0.05, 0.1) is 23.9 Å². The number of hydrogen-bond donors (Lipinski definition) is 1. The van der Waals surface area contributed by atoms with Gasteiger partial charge < -0.3 is 9.47 Å². The van der Waals surface area contributed by atoms with Gasteiger partial charge in [-0.15, -0.1) is 0 Å². The molecule has 0 radical (unpaired) electrons. The quantitative estimate of drug-likeness (QED) is 0.283. The minimum absolute atomic E-state index is 0.343. The summed E-state index contributed by atoms with van der Waals surface area (Å²) in [6, 6.07) is 17.3. The fourth-order valence-corrected chi connectivity index (χ4v) is 3.15. The average Bonchev–Trinajstić information content (AvgIpc) is 2.79. The van der Waals surface area contributed by atoms with Crippen LogP contribution >= 0.6 is 15.9 Å². The molecular formula is C24H20BrF3N2O3. The highest BCUT2D eigenvalue weighted by atomic mass is 79.9. The molecule has 0 atom stereocenters. The van der Waals surface area contributed by atoms with Gasteiger partial charge in [0, 0.05) is 4.47 Å². The van der Waals surface area contributed by atoms with Gasteiger partial charge in [0.25, 0.3) is 5.91 Å². The number of benzene rings is 3. The van der Waals surface area contributed by atoms with E-state index in [-0.39, 0.29) is 0 Å². The normalized spacial score (nSPS) is 11.4. The van der Waals surface area contributed by atoms with Crippen molar-refractivity contribution in [1.82, 2.24) is 5.43 Å². The molecule has 0 saturated heterocycles. The second-order valence-corrected chi connectivity index (χ2v) is 7.71. The molecule has 0 aliphatic heterocycles. The molecule has 3 aromatic carbocycles. The van der Waals surface area contributed by atoms with Crippen molar-refractivity contribution in [2.45, 2.75) is 19.7 Å². The van der Waals surface area contributed by atoms with E-state index >= 15 is 0 Å². The Balaban J connectivity index is 1.69. The molecule has 0 fully saturated rings. The number of hydrogen-bond acceptors (Lipinski definition) is 4. The first-order valence-corrected chi connectivity index (χ1v) is 10.7. The molecule has 0 bridgehead atoms. The Morgan fingerprint density at radius 2 is 1.76 bits per heavy atom. The molecule has 9 heteroatoms. The van der Waals surface area contributed by atoms with Gasteiger partial charge in [0.2, 0.25) is 0 Å². The number of halogens is 4. The maximum Gasteiger partial charge on any atom is 0.417 e. The van der Waals surface area contributed by atoms with Gasteiger partial charge in [-0.05, 0) is 60.5 Å². The van der Waals surface area contributed by atoms with E-state index in [0.717, 1.165) is 22.2 Å². The summed E-state index contributed by atoms with van der Waals surface area (Å²) in [5.41, 5.74) is 2.15. The number of nitrogens with zero attached hydrogens (tertiary/aromatic N) is 1. The van der Waals surface area contributed by atoms with Gasteiger partial charge in [-0.2, -0.15) is 18.3 Å². The fraction of sp³-hybridized carbons (Fsp3) is 0.167. The van der Waals surface area contributed by atoms with Crippen molar-refractivity contribution >= 4 is 28.1 Å². The summed E-state index contributed by atoms with van der Waals surface area (Å²) in [5.74, 6) is 0.0472. The molecule has 3 rings (SSSR count). The van der Waals surface area contributed by atoms with Crippen LogP contribution in [0, 0.1) is 0 Å². The molecule has 0 aromatic heterocycles. The first kappa shape index (κ1) is 24.3. The van der Waals surface area contributed by atoms with E-state index in [1.807, 2.05) is 31.2 Å². The van der Waals surface area contributed by atoms with E-state index in [2.05, 4.69) is 26.5 Å². The van der Waals surface area contributed by atoms with Gasteiger partial charge in [-0.3, -0.25) is 4.79 Å². The Bertz CT molecular complexity index is 1130. The molecule has 0 aliphatic rings. The number of hydrazone groups is 1. The predicted octanol–water partition coefficient (Wildman–Crippen LogP) is 6.21. The number of ether oxygens (including phenoxy) is 2. The maximum absolute atomic E-state index is 13.1. The van der Waals surface area contributed by atoms with Crippen molar-refractivity contribution in [1.29, 1.82) is 0 Å². The summed E-state index contributed by atoms with van der Waals surface area (Å²) >= 11 is 3.39. The topological polar surface area (TPSA) is 59.9 Å². The monoisotopic (exact) mass is 520 g/mol. The summed E-state index contributed by atoms with van der Waals surface area (Å²) < 4.78 is 51.7. The molecule has 0 spiro atoms. The fourth-order valence-electron chi connectivity index (χ4n) is 2.89. The van der Waals surface area contributed by atoms with Gasteiger partial charge in [-0.25, -0.2) is 5.43 Å². The highest BCUT2D eigenvalue weighted by Gasteiger charge is 2.34. The molecule has 0 aliphatic carbocycles. The number of amides is 1. The number of carbonyl (C=O) groups is 1. The van der Waals surface area contributed by atoms with Gasteiger partial charge in [0.15, 0.2) is 11.5 Å². The molecule has 0 saturated carbocycles. The molecular weight excluding hydrogens is 501 g/mol. The standard InChI is InChI=1S/C24H20BrF3N2O3/c1-2-32-22-13-17(9-12-21(22)33-15-16-7-10-18(25)11-8-16)14-29-30-23(31)19-5-3-4-6-20(19)24(26,27)28/h3-14H,2,15H2,1H3,(H,30,31)/b29-14+. The minimum atomic E-state index is -4.64. The Morgan fingerprint density at radius 3 is 2.45 bits per heavy atom. The van der Waals surface area contributed by atoms with Crippen LogP contribution in [0.25, 0.3) is 0 Å². The van der Waals surface area contributed by atoms with Crippen LogP contribution in [0.5, 0.6) is 11.5 Å². The molecule has 3 aromatic rings. The summed E-state index contributed by atoms with van der Waals surface area (Å²) in [7, 11) is 0. The zero-order valence-electron chi connectivity index (χ0n) is 17.5. The van der Waals surface area contributed by atoms with Gasteiger partial charge >= 0.3 is 6.18 Å². The summed E-state index contributed by atoms with van der Waals surface area (Å²) in [4.78, 5) is 12.2. The lowest BCUT2D eigenvalue weighted by Crippen LogP contribution is -2.22. The van der Waals surface area contributed by atoms with Crippen LogP contribution in [-0.4, -0.2) is 18.7 Å². The molecule has 0 unspecified atom stereocenters. The van der Waals surface area contributed by atoms with Crippen LogP contribution in [0.1, 0.15) is 34.0 Å². The number of nitrogens with one attached hydrogen (secondary N) is 1. The Morgan fingerprint density at radius 1 is 1.03 bits per heavy atom. The SMILES string of the molecule is CCOc1cc(/C=N/NC(=O)c2ccccc2C(F)(F)F)ccc1OCc1ccc(Br)cc1. The lowest BCUT2D eigenvalue weighted by Gasteiger charge is -2.13. The van der Waals surface area contributed by atoms with Crippen molar-refractivity contribution < 1.29 is 27.4 Å². The summed E-state index contributed by atoms with van der Waals surface area (Å²) in [6.45, 7) is 2.58. The van der Waals surface area contributed by atoms with E-state index in [9.17, 15) is 18.0 Å². The zero-order chi connectivity index (χ0) is 23.8. The predicted molar refractivity (Wildman–Crippen MR) is 123 cm³/mol. The second-order valence-electron chi connectivity index (χ2n) is 6.80. The van der Waals surface area contributed by atoms with Crippen molar-refractivity contribution in [3.05, 3.63) is 93.5 Å². The van der Waals surface area contributed by atoms with E-state index in [4.69, 9.17) is 9.47 Å². The average molecular weight is 521 g/mol. The van der Waals surface area contributed by atoms with E-state index in [0.29, 0.717) is 30.3 Å². The molecule has 172 valence electrons. The Kier molecular flexibility index (Phi) is 8.11. The summed E-state index contributed by atoms with van der Waals surface area (Å²) in [6.07, 6.45) is -3.33. The molecule has 0 heterocycles. The van der Waals surface area contributed by atoms with Crippen LogP contribution in [0.2, 0.25) is 0 Å². The third-order valence-electron chi connectivity index (χ3n) is 4.43. The highest BCUT2D eigenvalue weighted by Crippen LogP contribution is 2.32. The highest BCUT2D eigenvalue weighted by molar-refractivity contribution is 9.10. The molecule has 1 N–H and O–H groups in total. The van der Waals surface area contributed by atoms with Crippen molar-refractivity contribution in [3.8, 4) is 11.5 Å². The summed E-state index contributed by atoms with van der Waals surface area (Å²) in [5, 5.41) is 3.78. The maximum atomic E-state index is 13.1. The Hall–Kier alpha value is -3.33. The largest absolute Gasteiger partial charge is 0.490 e. The van der Waals surface area contributed by atoms with Gasteiger partial charge in [0.1, 0.15) is 6.61 Å². The number of carbonyl (C=O) groups excluding carboxylic acids is 1. The lowest BCUT2D eigenvalue weighted by atomic mass is 10.1. The van der Waals surface area contributed by atoms with Crippen molar-refractivity contribution in [2.24, 2.45) is 5.10 Å². The lowest BCUT2D eigenvalue weighted by molar-refractivity contribution is -0.137.